The van der Waals surface area contributed by atoms with E-state index in [1.165, 1.54) is 0 Å². The molecule has 5 nitrogen and oxygen atoms in total. The van der Waals surface area contributed by atoms with Gasteiger partial charge >= 0.3 is 0 Å². The third-order valence-electron chi connectivity index (χ3n) is 3.24. The van der Waals surface area contributed by atoms with Crippen LogP contribution < -0.4 is 5.32 Å². The second-order valence-electron chi connectivity index (χ2n) is 4.79. The molecule has 16 heavy (non-hydrogen) atoms. The third-order valence-corrected chi connectivity index (χ3v) is 3.24. The first-order valence-corrected chi connectivity index (χ1v) is 5.80. The first-order chi connectivity index (χ1) is 7.63. The van der Waals surface area contributed by atoms with Crippen LogP contribution in [0.5, 0.6) is 0 Å². The van der Waals surface area contributed by atoms with Gasteiger partial charge in [0.2, 0.25) is 0 Å². The van der Waals surface area contributed by atoms with E-state index < -0.39 is 0 Å². The average molecular weight is 225 g/mol. The van der Waals surface area contributed by atoms with Crippen LogP contribution >= 0.6 is 0 Å². The van der Waals surface area contributed by atoms with E-state index in [1.54, 1.807) is 19.0 Å². The highest BCUT2D eigenvalue weighted by molar-refractivity contribution is 6.39. The zero-order valence-electron chi connectivity index (χ0n) is 9.95. The van der Waals surface area contributed by atoms with Gasteiger partial charge in [-0.1, -0.05) is 5.16 Å². The van der Waals surface area contributed by atoms with Crippen molar-refractivity contribution in [2.24, 2.45) is 5.16 Å². The molecule has 2 rings (SSSR count). The number of oxime groups is 1. The predicted molar refractivity (Wildman–Crippen MR) is 61.3 cm³/mol. The maximum Gasteiger partial charge on any atom is 0.271 e. The summed E-state index contributed by atoms with van der Waals surface area (Å²) in [5, 5.41) is 7.31. The molecule has 1 unspecified atom stereocenters. The zero-order valence-corrected chi connectivity index (χ0v) is 9.95. The summed E-state index contributed by atoms with van der Waals surface area (Å²) < 4.78 is 0. The Bertz CT molecular complexity index is 304. The minimum Gasteiger partial charge on any atom is -0.388 e. The van der Waals surface area contributed by atoms with Gasteiger partial charge in [-0.2, -0.15) is 0 Å². The van der Waals surface area contributed by atoms with Gasteiger partial charge in [0.15, 0.2) is 0 Å². The second-order valence-corrected chi connectivity index (χ2v) is 4.79. The lowest BCUT2D eigenvalue weighted by molar-refractivity contribution is -0.121. The third kappa shape index (κ3) is 2.19. The molecule has 2 heterocycles. The lowest BCUT2D eigenvalue weighted by Gasteiger charge is -2.24. The lowest BCUT2D eigenvalue weighted by Crippen LogP contribution is -2.34. The number of hydrogen-bond donors (Lipinski definition) is 1. The summed E-state index contributed by atoms with van der Waals surface area (Å²) in [6.07, 6.45) is 3.65. The summed E-state index contributed by atoms with van der Waals surface area (Å²) in [7, 11) is 3.48. The molecule has 0 aromatic carbocycles. The van der Waals surface area contributed by atoms with E-state index in [1.807, 2.05) is 0 Å². The van der Waals surface area contributed by atoms with Crippen LogP contribution in [-0.2, 0) is 9.63 Å². The van der Waals surface area contributed by atoms with Gasteiger partial charge in [0.1, 0.15) is 11.3 Å². The topological polar surface area (TPSA) is 53.9 Å². The van der Waals surface area contributed by atoms with Gasteiger partial charge in [-0.05, 0) is 25.9 Å². The molecule has 1 saturated heterocycles. The van der Waals surface area contributed by atoms with E-state index in [0.717, 1.165) is 32.4 Å². The molecule has 1 N–H and O–H groups in total. The smallest absolute Gasteiger partial charge is 0.271 e. The normalized spacial score (nSPS) is 29.5. The van der Waals surface area contributed by atoms with Crippen LogP contribution in [0.4, 0.5) is 0 Å². The first-order valence-electron chi connectivity index (χ1n) is 5.80. The highest BCUT2D eigenvalue weighted by atomic mass is 16.7. The fraction of sp³-hybridized carbons (Fsp3) is 0.818. The molecule has 90 valence electrons. The highest BCUT2D eigenvalue weighted by Crippen LogP contribution is 2.33. The zero-order chi connectivity index (χ0) is 11.6. The molecule has 2 aliphatic heterocycles. The minimum atomic E-state index is -0.218. The number of nitrogens with zero attached hydrogens (tertiary/aromatic N) is 2. The second kappa shape index (κ2) is 4.41. The van der Waals surface area contributed by atoms with Gasteiger partial charge in [-0.15, -0.1) is 0 Å². The molecule has 1 fully saturated rings. The lowest BCUT2D eigenvalue weighted by atomic mass is 9.89. The van der Waals surface area contributed by atoms with Crippen LogP contribution in [0, 0.1) is 0 Å². The van der Waals surface area contributed by atoms with E-state index in [0.29, 0.717) is 12.1 Å². The van der Waals surface area contributed by atoms with Crippen LogP contribution in [0.1, 0.15) is 25.7 Å². The molecular weight excluding hydrogens is 206 g/mol. The van der Waals surface area contributed by atoms with Crippen molar-refractivity contribution >= 4 is 11.6 Å². The molecule has 0 aromatic rings. The molecule has 0 bridgehead atoms. The van der Waals surface area contributed by atoms with Crippen molar-refractivity contribution in [2.75, 3.05) is 27.2 Å². The monoisotopic (exact) mass is 225 g/mol. The Morgan fingerprint density at radius 2 is 2.25 bits per heavy atom. The van der Waals surface area contributed by atoms with Crippen LogP contribution in [0.2, 0.25) is 0 Å². The Labute approximate surface area is 95.8 Å². The van der Waals surface area contributed by atoms with Crippen LogP contribution in [0.25, 0.3) is 0 Å². The predicted octanol–water partition coefficient (Wildman–Crippen LogP) is 0.363. The molecule has 1 amide bonds. The van der Waals surface area contributed by atoms with Gasteiger partial charge in [0.25, 0.3) is 5.91 Å². The molecule has 0 saturated carbocycles. The first kappa shape index (κ1) is 11.4. The molecule has 1 atom stereocenters. The van der Waals surface area contributed by atoms with Gasteiger partial charge in [-0.25, -0.2) is 0 Å². The maximum atomic E-state index is 11.8. The van der Waals surface area contributed by atoms with Crippen molar-refractivity contribution < 1.29 is 9.63 Å². The van der Waals surface area contributed by atoms with E-state index in [9.17, 15) is 4.79 Å². The van der Waals surface area contributed by atoms with E-state index >= 15 is 0 Å². The van der Waals surface area contributed by atoms with Crippen LogP contribution in [0.15, 0.2) is 5.16 Å². The van der Waals surface area contributed by atoms with Crippen molar-refractivity contribution in [1.82, 2.24) is 10.2 Å². The fourth-order valence-electron chi connectivity index (χ4n) is 2.26. The number of nitrogens with one attached hydrogen (secondary N) is 1. The van der Waals surface area contributed by atoms with Gasteiger partial charge < -0.3 is 15.1 Å². The number of hydrogen-bond acceptors (Lipinski definition) is 4. The molecule has 5 heteroatoms. The van der Waals surface area contributed by atoms with Crippen molar-refractivity contribution in [3.63, 3.8) is 0 Å². The summed E-state index contributed by atoms with van der Waals surface area (Å²) in [4.78, 5) is 18.9. The Balaban J connectivity index is 2.01. The quantitative estimate of drug-likeness (QED) is 0.701. The largest absolute Gasteiger partial charge is 0.388 e. The Morgan fingerprint density at radius 3 is 3.00 bits per heavy atom. The van der Waals surface area contributed by atoms with E-state index in [2.05, 4.69) is 10.5 Å². The van der Waals surface area contributed by atoms with Gasteiger partial charge in [-0.3, -0.25) is 4.79 Å². The number of amides is 1. The van der Waals surface area contributed by atoms with Crippen molar-refractivity contribution in [3.8, 4) is 0 Å². The summed E-state index contributed by atoms with van der Waals surface area (Å²) in [6, 6.07) is 0. The molecule has 1 spiro atoms. The number of rotatable bonds is 1. The van der Waals surface area contributed by atoms with Gasteiger partial charge in [0.05, 0.1) is 0 Å². The Kier molecular flexibility index (Phi) is 3.14. The highest BCUT2D eigenvalue weighted by Gasteiger charge is 2.41. The van der Waals surface area contributed by atoms with Crippen molar-refractivity contribution in [1.29, 1.82) is 0 Å². The maximum absolute atomic E-state index is 11.8. The summed E-state index contributed by atoms with van der Waals surface area (Å²) in [5.41, 5.74) is 0.344. The number of carbonyl (C=O) groups is 1. The Morgan fingerprint density at radius 1 is 1.44 bits per heavy atom. The average Bonchev–Trinajstić information content (AvgIpc) is 2.52. The molecular formula is C11H19N3O2. The SMILES string of the molecule is CN(C)C(=O)C1=NOC2(CCCNCC2)C1. The van der Waals surface area contributed by atoms with E-state index in [4.69, 9.17) is 4.84 Å². The molecule has 0 radical (unpaired) electrons. The summed E-state index contributed by atoms with van der Waals surface area (Å²) in [6.45, 7) is 1.97. The Hall–Kier alpha value is -1.10. The summed E-state index contributed by atoms with van der Waals surface area (Å²) in [5.74, 6) is -0.0333. The number of carbonyl (C=O) groups excluding carboxylic acids is 1. The van der Waals surface area contributed by atoms with Crippen molar-refractivity contribution in [3.05, 3.63) is 0 Å². The molecule has 2 aliphatic rings. The van der Waals surface area contributed by atoms with Crippen LogP contribution in [0.3, 0.4) is 0 Å². The van der Waals surface area contributed by atoms with E-state index in [-0.39, 0.29) is 11.5 Å². The molecule has 0 aliphatic carbocycles. The van der Waals surface area contributed by atoms with Crippen molar-refractivity contribution in [2.45, 2.75) is 31.3 Å². The summed E-state index contributed by atoms with van der Waals surface area (Å²) >= 11 is 0. The fourth-order valence-corrected chi connectivity index (χ4v) is 2.26. The standard InChI is InChI=1S/C11H19N3O2/c1-14(2)10(15)9-8-11(16-13-9)4-3-6-12-7-5-11/h12H,3-8H2,1-2H3. The minimum absolute atomic E-state index is 0.0333. The molecule has 0 aromatic heterocycles. The van der Waals surface area contributed by atoms with Gasteiger partial charge in [0, 0.05) is 26.9 Å². The van der Waals surface area contributed by atoms with Crippen LogP contribution in [-0.4, -0.2) is 49.3 Å².